The molecule has 2 N–H and O–H groups in total. The van der Waals surface area contributed by atoms with Gasteiger partial charge in [-0.1, -0.05) is 17.7 Å². The number of urea groups is 1. The Kier molecular flexibility index (Phi) is 5.65. The van der Waals surface area contributed by atoms with Crippen molar-refractivity contribution in [2.24, 2.45) is 0 Å². The molecule has 5 aliphatic heterocycles. The number of ether oxygens (including phenoxy) is 2. The van der Waals surface area contributed by atoms with E-state index in [0.29, 0.717) is 31.3 Å². The van der Waals surface area contributed by atoms with Gasteiger partial charge in [-0.15, -0.1) is 0 Å². The SMILES string of the molecule is O=C(N1CCc2cc(-c3cnc4[nH]cc(Cl)c4c3)cc([C@@H]3COCCN3)c2C1)N1CC2CCC1CO2. The Morgan fingerprint density at radius 1 is 1.17 bits per heavy atom. The summed E-state index contributed by atoms with van der Waals surface area (Å²) < 4.78 is 11.7. The van der Waals surface area contributed by atoms with E-state index in [9.17, 15) is 4.79 Å². The van der Waals surface area contributed by atoms with Gasteiger partial charge in [0.15, 0.2) is 0 Å². The quantitative estimate of drug-likeness (QED) is 0.550. The molecule has 3 aromatic rings. The second-order valence-corrected chi connectivity index (χ2v) is 10.7. The summed E-state index contributed by atoms with van der Waals surface area (Å²) >= 11 is 6.39. The van der Waals surface area contributed by atoms with E-state index in [1.165, 1.54) is 16.7 Å². The van der Waals surface area contributed by atoms with Crippen molar-refractivity contribution in [1.29, 1.82) is 0 Å². The lowest BCUT2D eigenvalue weighted by Gasteiger charge is -2.47. The number of aromatic nitrogens is 2. The van der Waals surface area contributed by atoms with E-state index in [4.69, 9.17) is 21.1 Å². The highest BCUT2D eigenvalue weighted by molar-refractivity contribution is 6.35. The molecule has 0 spiro atoms. The largest absolute Gasteiger partial charge is 0.378 e. The number of morpholine rings is 2. The van der Waals surface area contributed by atoms with Crippen LogP contribution in [0.1, 0.15) is 35.6 Å². The molecular weight excluding hydrogens is 478 g/mol. The summed E-state index contributed by atoms with van der Waals surface area (Å²) in [5.74, 6) is 0. The van der Waals surface area contributed by atoms with Crippen LogP contribution in [-0.2, 0) is 22.4 Å². The Hall–Kier alpha value is -2.65. The number of piperidine rings is 1. The number of pyridine rings is 1. The van der Waals surface area contributed by atoms with Crippen molar-refractivity contribution in [3.8, 4) is 11.1 Å². The number of aromatic amines is 1. The van der Waals surface area contributed by atoms with Gasteiger partial charge in [-0.25, -0.2) is 9.78 Å². The van der Waals surface area contributed by atoms with Crippen LogP contribution in [0.15, 0.2) is 30.6 Å². The number of rotatable bonds is 2. The standard InChI is InChI=1S/C27H30ClN5O3/c28-24-11-31-26-22(24)9-18(10-30-26)17-7-16-3-5-32(27(34)33-12-20-2-1-19(33)14-36-20)13-23(16)21(8-17)25-15-35-6-4-29-25/h7-11,19-20,25,29H,1-6,12-15H2,(H,30,31)/t19?,20?,25-/m0/s1. The number of hydrogen-bond acceptors (Lipinski definition) is 5. The molecule has 0 radical (unpaired) electrons. The van der Waals surface area contributed by atoms with E-state index in [0.717, 1.165) is 61.1 Å². The Bertz CT molecular complexity index is 1310. The number of nitrogens with zero attached hydrogens (tertiary/aromatic N) is 3. The number of fused-ring (bicyclic) bond motifs is 5. The van der Waals surface area contributed by atoms with Crippen LogP contribution >= 0.6 is 11.6 Å². The number of halogens is 1. The van der Waals surface area contributed by atoms with E-state index in [2.05, 4.69) is 38.4 Å². The highest BCUT2D eigenvalue weighted by atomic mass is 35.5. The lowest BCUT2D eigenvalue weighted by molar-refractivity contribution is -0.0923. The van der Waals surface area contributed by atoms with Crippen LogP contribution in [0.4, 0.5) is 4.79 Å². The van der Waals surface area contributed by atoms with Crippen molar-refractivity contribution in [3.63, 3.8) is 0 Å². The normalized spacial score (nSPS) is 25.9. The van der Waals surface area contributed by atoms with Crippen molar-refractivity contribution in [1.82, 2.24) is 25.1 Å². The maximum atomic E-state index is 13.6. The summed E-state index contributed by atoms with van der Waals surface area (Å²) in [5, 5.41) is 5.22. The van der Waals surface area contributed by atoms with Crippen LogP contribution in [0.25, 0.3) is 22.2 Å². The summed E-state index contributed by atoms with van der Waals surface area (Å²) in [6.45, 7) is 4.88. The summed E-state index contributed by atoms with van der Waals surface area (Å²) in [6, 6.07) is 7.07. The van der Waals surface area contributed by atoms with E-state index in [1.807, 2.05) is 11.1 Å². The second-order valence-electron chi connectivity index (χ2n) is 10.3. The van der Waals surface area contributed by atoms with Crippen molar-refractivity contribution in [2.75, 3.05) is 39.5 Å². The van der Waals surface area contributed by atoms with Gasteiger partial charge in [0.2, 0.25) is 0 Å². The molecule has 4 saturated heterocycles. The minimum Gasteiger partial charge on any atom is -0.378 e. The molecule has 5 aliphatic rings. The Balaban J connectivity index is 1.24. The summed E-state index contributed by atoms with van der Waals surface area (Å²) in [4.78, 5) is 25.4. The predicted octanol–water partition coefficient (Wildman–Crippen LogP) is 3.89. The van der Waals surface area contributed by atoms with Gasteiger partial charge >= 0.3 is 6.03 Å². The summed E-state index contributed by atoms with van der Waals surface area (Å²) in [6.07, 6.45) is 6.80. The Labute approximate surface area is 214 Å². The number of benzene rings is 1. The molecule has 36 heavy (non-hydrogen) atoms. The first-order valence-corrected chi connectivity index (χ1v) is 13.3. The van der Waals surface area contributed by atoms with Crippen molar-refractivity contribution in [3.05, 3.63) is 52.3 Å². The Morgan fingerprint density at radius 3 is 2.89 bits per heavy atom. The van der Waals surface area contributed by atoms with Gasteiger partial charge in [-0.05, 0) is 53.6 Å². The zero-order valence-electron chi connectivity index (χ0n) is 20.1. The summed E-state index contributed by atoms with van der Waals surface area (Å²) in [5.41, 5.74) is 6.69. The molecule has 8 nitrogen and oxygen atoms in total. The molecule has 4 fully saturated rings. The third kappa shape index (κ3) is 3.87. The minimum atomic E-state index is 0.0921. The number of hydrogen-bond donors (Lipinski definition) is 2. The van der Waals surface area contributed by atoms with Crippen LogP contribution in [0.2, 0.25) is 5.02 Å². The lowest BCUT2D eigenvalue weighted by Crippen LogP contribution is -2.60. The number of H-pyrrole nitrogens is 1. The molecule has 2 amide bonds. The average molecular weight is 508 g/mol. The van der Waals surface area contributed by atoms with E-state index in [-0.39, 0.29) is 24.2 Å². The minimum absolute atomic E-state index is 0.0921. The molecule has 9 heteroatoms. The van der Waals surface area contributed by atoms with Gasteiger partial charge in [0, 0.05) is 49.5 Å². The highest BCUT2D eigenvalue weighted by Gasteiger charge is 2.40. The average Bonchev–Trinajstić information content (AvgIpc) is 3.32. The topological polar surface area (TPSA) is 82.7 Å². The van der Waals surface area contributed by atoms with Crippen molar-refractivity contribution in [2.45, 2.75) is 44.0 Å². The number of amides is 2. The first-order chi connectivity index (χ1) is 17.6. The highest BCUT2D eigenvalue weighted by Crippen LogP contribution is 2.36. The lowest BCUT2D eigenvalue weighted by atomic mass is 9.87. The maximum Gasteiger partial charge on any atom is 0.320 e. The van der Waals surface area contributed by atoms with Crippen LogP contribution in [0.3, 0.4) is 0 Å². The zero-order chi connectivity index (χ0) is 24.2. The van der Waals surface area contributed by atoms with Gasteiger partial charge in [0.1, 0.15) is 5.65 Å². The van der Waals surface area contributed by atoms with Crippen molar-refractivity contribution >= 4 is 28.7 Å². The van der Waals surface area contributed by atoms with E-state index in [1.54, 1.807) is 6.20 Å². The second kappa shape index (κ2) is 9.03. The molecule has 3 atom stereocenters. The third-order valence-corrected chi connectivity index (χ3v) is 8.50. The van der Waals surface area contributed by atoms with Crippen LogP contribution in [-0.4, -0.2) is 77.4 Å². The number of carbonyl (C=O) groups excluding carboxylic acids is 1. The monoisotopic (exact) mass is 507 g/mol. The fourth-order valence-corrected chi connectivity index (χ4v) is 6.40. The molecule has 2 aromatic heterocycles. The van der Waals surface area contributed by atoms with E-state index < -0.39 is 0 Å². The first kappa shape index (κ1) is 22.5. The van der Waals surface area contributed by atoms with Crippen LogP contribution in [0, 0.1) is 0 Å². The van der Waals surface area contributed by atoms with Crippen LogP contribution < -0.4 is 5.32 Å². The molecular formula is C27H30ClN5O3. The fourth-order valence-electron chi connectivity index (χ4n) is 6.20. The summed E-state index contributed by atoms with van der Waals surface area (Å²) in [7, 11) is 0. The molecule has 0 saturated carbocycles. The molecule has 1 aromatic carbocycles. The maximum absolute atomic E-state index is 13.6. The number of nitrogens with one attached hydrogen (secondary N) is 2. The predicted molar refractivity (Wildman–Crippen MR) is 137 cm³/mol. The molecule has 7 heterocycles. The molecule has 188 valence electrons. The third-order valence-electron chi connectivity index (χ3n) is 8.19. The van der Waals surface area contributed by atoms with E-state index >= 15 is 0 Å². The van der Waals surface area contributed by atoms with Gasteiger partial charge in [0.05, 0.1) is 43.0 Å². The van der Waals surface area contributed by atoms with Gasteiger partial charge < -0.3 is 29.6 Å². The molecule has 2 bridgehead atoms. The number of carbonyl (C=O) groups is 1. The van der Waals surface area contributed by atoms with Gasteiger partial charge in [-0.3, -0.25) is 0 Å². The fraction of sp³-hybridized carbons (Fsp3) is 0.481. The molecule has 0 aliphatic carbocycles. The van der Waals surface area contributed by atoms with Crippen molar-refractivity contribution < 1.29 is 14.3 Å². The zero-order valence-corrected chi connectivity index (χ0v) is 20.9. The first-order valence-electron chi connectivity index (χ1n) is 12.9. The molecule has 2 unspecified atom stereocenters. The van der Waals surface area contributed by atoms with Gasteiger partial charge in [-0.2, -0.15) is 0 Å². The smallest absolute Gasteiger partial charge is 0.320 e. The Morgan fingerprint density at radius 2 is 2.11 bits per heavy atom. The molecule has 8 rings (SSSR count). The van der Waals surface area contributed by atoms with Crippen LogP contribution in [0.5, 0.6) is 0 Å². The van der Waals surface area contributed by atoms with Gasteiger partial charge in [0.25, 0.3) is 0 Å².